The molecule has 1 aliphatic heterocycles. The summed E-state index contributed by atoms with van der Waals surface area (Å²) in [6.45, 7) is -2.89. The van der Waals surface area contributed by atoms with Gasteiger partial charge in [0.25, 0.3) is 5.56 Å². The largest absolute Gasteiger partial charge is 0.351 e. The maximum Gasteiger partial charge on any atom is 0.255 e. The summed E-state index contributed by atoms with van der Waals surface area (Å²) >= 11 is 0. The average molecular weight is 413 g/mol. The fourth-order valence-electron chi connectivity index (χ4n) is 3.96. The number of anilines is 1. The zero-order chi connectivity index (χ0) is 25.8. The van der Waals surface area contributed by atoms with Gasteiger partial charge in [-0.15, -0.1) is 0 Å². The van der Waals surface area contributed by atoms with E-state index in [-0.39, 0.29) is 49.1 Å². The van der Waals surface area contributed by atoms with E-state index in [1.807, 2.05) is 0 Å². The lowest BCUT2D eigenvalue weighted by Crippen LogP contribution is -2.42. The standard InChI is InChI=1S/C19H27N5O3S/c1-13-11-14-12-20-19(21-15-7-9-23(10-8-15)28(2,26)27)22-17(14)24(18(13)25)16-5-3-4-6-16/h11-12,15-16H,3-10H2,1-2H3,(H,20,21,22)/i1D3,2D3,15D. The molecule has 3 heterocycles. The number of nitrogens with zero attached hydrogens (tertiary/aromatic N) is 4. The molecule has 0 atom stereocenters. The van der Waals surface area contributed by atoms with Gasteiger partial charge in [-0.05, 0) is 38.6 Å². The van der Waals surface area contributed by atoms with Crippen LogP contribution in [0.4, 0.5) is 5.95 Å². The highest BCUT2D eigenvalue weighted by atomic mass is 32.2. The van der Waals surface area contributed by atoms with E-state index in [0.717, 1.165) is 30.0 Å². The molecule has 9 heteroatoms. The number of rotatable bonds is 4. The van der Waals surface area contributed by atoms with Crippen LogP contribution in [0, 0.1) is 6.85 Å². The summed E-state index contributed by atoms with van der Waals surface area (Å²) in [5.41, 5.74) is -0.628. The van der Waals surface area contributed by atoms with Crippen LogP contribution in [0.2, 0.25) is 0 Å². The van der Waals surface area contributed by atoms with Gasteiger partial charge < -0.3 is 5.32 Å². The molecule has 0 radical (unpaired) electrons. The molecule has 1 saturated carbocycles. The summed E-state index contributed by atoms with van der Waals surface area (Å²) in [4.78, 5) is 21.8. The predicted octanol–water partition coefficient (Wildman–Crippen LogP) is 2.05. The Labute approximate surface area is 174 Å². The van der Waals surface area contributed by atoms with Crippen molar-refractivity contribution in [3.63, 3.8) is 0 Å². The van der Waals surface area contributed by atoms with Crippen LogP contribution in [0.3, 0.4) is 0 Å². The van der Waals surface area contributed by atoms with Crippen molar-refractivity contribution in [2.75, 3.05) is 24.6 Å². The predicted molar refractivity (Wildman–Crippen MR) is 109 cm³/mol. The lowest BCUT2D eigenvalue weighted by Gasteiger charge is -2.30. The minimum absolute atomic E-state index is 0.00285. The number of aromatic nitrogens is 3. The Morgan fingerprint density at radius 3 is 2.68 bits per heavy atom. The number of hydrogen-bond acceptors (Lipinski definition) is 6. The fraction of sp³-hybridized carbons (Fsp3) is 0.632. The molecule has 1 N–H and O–H groups in total. The normalized spacial score (nSPS) is 25.8. The molecule has 1 aliphatic carbocycles. The van der Waals surface area contributed by atoms with E-state index in [1.165, 1.54) is 16.8 Å². The van der Waals surface area contributed by atoms with Crippen LogP contribution in [0.15, 0.2) is 17.1 Å². The minimum atomic E-state index is -4.48. The molecule has 4 rings (SSSR count). The molecule has 2 fully saturated rings. The van der Waals surface area contributed by atoms with Crippen molar-refractivity contribution < 1.29 is 18.0 Å². The Morgan fingerprint density at radius 2 is 2.00 bits per heavy atom. The first-order valence-electron chi connectivity index (χ1n) is 12.8. The molecular formula is C19H27N5O3S. The monoisotopic (exact) mass is 412 g/mol. The third-order valence-corrected chi connectivity index (χ3v) is 6.46. The molecule has 152 valence electrons. The molecular weight excluding hydrogens is 378 g/mol. The second kappa shape index (κ2) is 7.44. The first kappa shape index (κ1) is 12.5. The third kappa shape index (κ3) is 3.77. The molecule has 2 aromatic rings. The quantitative estimate of drug-likeness (QED) is 0.825. The van der Waals surface area contributed by atoms with Crippen molar-refractivity contribution in [2.45, 2.75) is 57.4 Å². The maximum absolute atomic E-state index is 13.2. The van der Waals surface area contributed by atoms with E-state index in [2.05, 4.69) is 15.3 Å². The summed E-state index contributed by atoms with van der Waals surface area (Å²) in [6.07, 6.45) is 1.51. The molecule has 0 amide bonds. The summed E-state index contributed by atoms with van der Waals surface area (Å²) in [5, 5.41) is 3.29. The Bertz CT molecular complexity index is 1280. The summed E-state index contributed by atoms with van der Waals surface area (Å²) in [7, 11) is -4.48. The van der Waals surface area contributed by atoms with Gasteiger partial charge in [0.05, 0.1) is 7.55 Å². The second-order valence-electron chi connectivity index (χ2n) is 7.28. The van der Waals surface area contributed by atoms with Crippen LogP contribution < -0.4 is 10.9 Å². The van der Waals surface area contributed by atoms with Crippen molar-refractivity contribution in [3.8, 4) is 0 Å². The van der Waals surface area contributed by atoms with Gasteiger partial charge >= 0.3 is 0 Å². The van der Waals surface area contributed by atoms with Gasteiger partial charge in [-0.2, -0.15) is 4.98 Å². The van der Waals surface area contributed by atoms with E-state index in [4.69, 9.17) is 9.60 Å². The van der Waals surface area contributed by atoms with Crippen molar-refractivity contribution in [2.24, 2.45) is 0 Å². The Morgan fingerprint density at radius 1 is 1.25 bits per heavy atom. The molecule has 0 bridgehead atoms. The molecule has 0 unspecified atom stereocenters. The highest BCUT2D eigenvalue weighted by molar-refractivity contribution is 7.88. The van der Waals surface area contributed by atoms with Gasteiger partial charge in [0, 0.05) is 50.5 Å². The first-order chi connectivity index (χ1) is 16.1. The van der Waals surface area contributed by atoms with Crippen LogP contribution in [-0.4, -0.2) is 52.5 Å². The summed E-state index contributed by atoms with van der Waals surface area (Å²) in [6, 6.07) is -0.256. The highest BCUT2D eigenvalue weighted by Crippen LogP contribution is 2.30. The molecule has 8 nitrogen and oxygen atoms in total. The van der Waals surface area contributed by atoms with Gasteiger partial charge in [-0.25, -0.2) is 17.7 Å². The number of nitrogens with one attached hydrogen (secondary N) is 1. The van der Waals surface area contributed by atoms with Gasteiger partial charge in [0.15, 0.2) is 0 Å². The van der Waals surface area contributed by atoms with E-state index < -0.39 is 34.6 Å². The maximum atomic E-state index is 13.2. The van der Waals surface area contributed by atoms with Gasteiger partial charge in [-0.3, -0.25) is 9.36 Å². The number of sulfonamides is 1. The molecule has 0 spiro atoms. The zero-order valence-electron chi connectivity index (χ0n) is 22.3. The van der Waals surface area contributed by atoms with Crippen LogP contribution in [0.1, 0.15) is 59.7 Å². The van der Waals surface area contributed by atoms with Crippen molar-refractivity contribution in [3.05, 3.63) is 28.2 Å². The minimum Gasteiger partial charge on any atom is -0.351 e. The fourth-order valence-corrected chi connectivity index (χ4v) is 4.62. The lowest BCUT2D eigenvalue weighted by molar-refractivity contribution is 0.331. The number of pyridine rings is 1. The SMILES string of the molecule is [2H]C1(Nc2ncc3cc(C([2H])([2H])[2H])c(=O)n(C4CCCC4)c3n2)CCN(S(=O)(=O)C([2H])([2H])[2H])CC1. The van der Waals surface area contributed by atoms with Crippen LogP contribution >= 0.6 is 0 Å². The molecule has 28 heavy (non-hydrogen) atoms. The van der Waals surface area contributed by atoms with E-state index in [0.29, 0.717) is 5.39 Å². The smallest absolute Gasteiger partial charge is 0.255 e. The van der Waals surface area contributed by atoms with Gasteiger partial charge in [-0.1, -0.05) is 12.8 Å². The van der Waals surface area contributed by atoms with Gasteiger partial charge in [0.2, 0.25) is 16.0 Å². The Hall–Kier alpha value is -2.00. The topological polar surface area (TPSA) is 97.2 Å². The number of piperidine rings is 1. The van der Waals surface area contributed by atoms with Crippen LogP contribution in [0.25, 0.3) is 11.0 Å². The summed E-state index contributed by atoms with van der Waals surface area (Å²) < 4.78 is 80.4. The molecule has 0 aromatic carbocycles. The Kier molecular flexibility index (Phi) is 3.33. The van der Waals surface area contributed by atoms with E-state index in [1.54, 1.807) is 0 Å². The number of hydrogen-bond donors (Lipinski definition) is 1. The average Bonchev–Trinajstić information content (AvgIpc) is 3.26. The summed E-state index contributed by atoms with van der Waals surface area (Å²) in [5.74, 6) is 0.0485. The number of fused-ring (bicyclic) bond motifs is 1. The van der Waals surface area contributed by atoms with E-state index in [9.17, 15) is 13.2 Å². The van der Waals surface area contributed by atoms with Crippen molar-refractivity contribution in [1.29, 1.82) is 0 Å². The molecule has 2 aromatic heterocycles. The van der Waals surface area contributed by atoms with Crippen LogP contribution in [0.5, 0.6) is 0 Å². The van der Waals surface area contributed by atoms with Crippen LogP contribution in [-0.2, 0) is 10.0 Å². The molecule has 1 saturated heterocycles. The van der Waals surface area contributed by atoms with Crippen molar-refractivity contribution >= 4 is 27.0 Å². The van der Waals surface area contributed by atoms with Gasteiger partial charge in [0.1, 0.15) is 5.65 Å². The number of aryl methyl sites for hydroxylation is 1. The second-order valence-corrected chi connectivity index (χ2v) is 8.74. The van der Waals surface area contributed by atoms with Crippen molar-refractivity contribution in [1.82, 2.24) is 18.8 Å². The third-order valence-electron chi connectivity index (χ3n) is 5.42. The van der Waals surface area contributed by atoms with E-state index >= 15 is 0 Å². The Balaban J connectivity index is 1.65. The zero-order valence-corrected chi connectivity index (χ0v) is 16.1. The lowest BCUT2D eigenvalue weighted by atomic mass is 10.1. The first-order valence-corrected chi connectivity index (χ1v) is 10.8. The highest BCUT2D eigenvalue weighted by Gasteiger charge is 2.26. The molecule has 2 aliphatic rings.